The van der Waals surface area contributed by atoms with Crippen molar-refractivity contribution in [1.82, 2.24) is 0 Å². The Kier molecular flexibility index (Phi) is 5.46. The monoisotopic (exact) mass is 315 g/mol. The summed E-state index contributed by atoms with van der Waals surface area (Å²) in [7, 11) is 4.76. The third kappa shape index (κ3) is 4.16. The van der Waals surface area contributed by atoms with Crippen LogP contribution in [0.25, 0.3) is 0 Å². The molecule has 0 saturated heterocycles. The van der Waals surface area contributed by atoms with E-state index in [1.54, 1.807) is 27.4 Å². The van der Waals surface area contributed by atoms with E-state index in [-0.39, 0.29) is 12.3 Å². The lowest BCUT2D eigenvalue weighted by atomic mass is 10.1. The topological polar surface area (TPSA) is 56.8 Å². The number of hydrogen-bond donors (Lipinski definition) is 1. The molecule has 0 aromatic heterocycles. The van der Waals surface area contributed by atoms with Gasteiger partial charge in [0, 0.05) is 11.8 Å². The molecule has 23 heavy (non-hydrogen) atoms. The Hall–Kier alpha value is -2.69. The van der Waals surface area contributed by atoms with Gasteiger partial charge in [-0.1, -0.05) is 12.1 Å². The molecule has 2 aromatic rings. The number of anilines is 1. The number of benzene rings is 2. The summed E-state index contributed by atoms with van der Waals surface area (Å²) in [5.74, 6) is 1.89. The zero-order chi connectivity index (χ0) is 16.8. The molecule has 5 heteroatoms. The predicted molar refractivity (Wildman–Crippen MR) is 89.6 cm³/mol. The molecule has 0 heterocycles. The Bertz CT molecular complexity index is 680. The van der Waals surface area contributed by atoms with Crippen LogP contribution >= 0.6 is 0 Å². The summed E-state index contributed by atoms with van der Waals surface area (Å²) < 4.78 is 15.6. The zero-order valence-corrected chi connectivity index (χ0v) is 13.8. The minimum atomic E-state index is -0.0921. The van der Waals surface area contributed by atoms with Crippen LogP contribution in [-0.2, 0) is 11.2 Å². The van der Waals surface area contributed by atoms with Crippen molar-refractivity contribution in [2.24, 2.45) is 0 Å². The normalized spacial score (nSPS) is 10.1. The van der Waals surface area contributed by atoms with Crippen LogP contribution in [0.3, 0.4) is 0 Å². The van der Waals surface area contributed by atoms with Crippen LogP contribution in [0.1, 0.15) is 11.1 Å². The van der Waals surface area contributed by atoms with Gasteiger partial charge in [0.25, 0.3) is 0 Å². The number of ether oxygens (including phenoxy) is 3. The van der Waals surface area contributed by atoms with E-state index in [4.69, 9.17) is 14.2 Å². The Labute approximate surface area is 136 Å². The first-order chi connectivity index (χ1) is 11.1. The van der Waals surface area contributed by atoms with E-state index in [0.717, 1.165) is 16.9 Å². The van der Waals surface area contributed by atoms with Crippen molar-refractivity contribution in [3.63, 3.8) is 0 Å². The highest BCUT2D eigenvalue weighted by Crippen LogP contribution is 2.32. The number of hydrogen-bond acceptors (Lipinski definition) is 4. The van der Waals surface area contributed by atoms with E-state index in [2.05, 4.69) is 5.32 Å². The molecule has 1 amide bonds. The van der Waals surface area contributed by atoms with Gasteiger partial charge in [0.05, 0.1) is 27.8 Å². The van der Waals surface area contributed by atoms with Crippen LogP contribution in [0.2, 0.25) is 0 Å². The standard InChI is InChI=1S/C18H21NO4/c1-12-9-16(22-3)17(23-4)11-15(12)19-18(20)10-13-5-7-14(21-2)8-6-13/h5-9,11H,10H2,1-4H3,(H,19,20). The molecule has 122 valence electrons. The molecule has 0 aliphatic heterocycles. The smallest absolute Gasteiger partial charge is 0.228 e. The molecule has 1 N–H and O–H groups in total. The average Bonchev–Trinajstić information content (AvgIpc) is 2.56. The molecule has 0 aliphatic rings. The summed E-state index contributed by atoms with van der Waals surface area (Å²) >= 11 is 0. The summed E-state index contributed by atoms with van der Waals surface area (Å²) in [6.45, 7) is 1.91. The van der Waals surface area contributed by atoms with Crippen LogP contribution in [0.5, 0.6) is 17.2 Å². The van der Waals surface area contributed by atoms with E-state index in [1.807, 2.05) is 37.3 Å². The summed E-state index contributed by atoms with van der Waals surface area (Å²) in [6.07, 6.45) is 0.289. The fourth-order valence-corrected chi connectivity index (χ4v) is 2.24. The van der Waals surface area contributed by atoms with Crippen LogP contribution in [0.15, 0.2) is 36.4 Å². The summed E-state index contributed by atoms with van der Waals surface area (Å²) in [5, 5.41) is 2.91. The number of carbonyl (C=O) groups is 1. The molecule has 5 nitrogen and oxygen atoms in total. The van der Waals surface area contributed by atoms with Gasteiger partial charge in [-0.15, -0.1) is 0 Å². The quantitative estimate of drug-likeness (QED) is 0.889. The molecule has 0 atom stereocenters. The Balaban J connectivity index is 2.10. The van der Waals surface area contributed by atoms with Gasteiger partial charge in [-0.3, -0.25) is 4.79 Å². The third-order valence-corrected chi connectivity index (χ3v) is 3.53. The van der Waals surface area contributed by atoms with E-state index in [1.165, 1.54) is 0 Å². The number of carbonyl (C=O) groups excluding carboxylic acids is 1. The molecule has 0 spiro atoms. The molecule has 0 fully saturated rings. The maximum Gasteiger partial charge on any atom is 0.228 e. The van der Waals surface area contributed by atoms with Crippen LogP contribution in [-0.4, -0.2) is 27.2 Å². The molecule has 2 aromatic carbocycles. The van der Waals surface area contributed by atoms with Crippen molar-refractivity contribution < 1.29 is 19.0 Å². The first-order valence-electron chi connectivity index (χ1n) is 7.22. The number of rotatable bonds is 6. The van der Waals surface area contributed by atoms with Gasteiger partial charge in [-0.25, -0.2) is 0 Å². The maximum atomic E-state index is 12.2. The Morgan fingerprint density at radius 2 is 1.57 bits per heavy atom. The van der Waals surface area contributed by atoms with E-state index < -0.39 is 0 Å². The lowest BCUT2D eigenvalue weighted by Crippen LogP contribution is -2.15. The van der Waals surface area contributed by atoms with Gasteiger partial charge in [-0.2, -0.15) is 0 Å². The maximum absolute atomic E-state index is 12.2. The fraction of sp³-hybridized carbons (Fsp3) is 0.278. The van der Waals surface area contributed by atoms with Gasteiger partial charge in [0.15, 0.2) is 11.5 Å². The summed E-state index contributed by atoms with van der Waals surface area (Å²) in [5.41, 5.74) is 2.54. The molecular weight excluding hydrogens is 294 g/mol. The fourth-order valence-electron chi connectivity index (χ4n) is 2.24. The van der Waals surface area contributed by atoms with Crippen molar-refractivity contribution >= 4 is 11.6 Å². The van der Waals surface area contributed by atoms with Crippen molar-refractivity contribution in [2.75, 3.05) is 26.6 Å². The number of aryl methyl sites for hydroxylation is 1. The highest BCUT2D eigenvalue weighted by atomic mass is 16.5. The molecule has 0 saturated carbocycles. The SMILES string of the molecule is COc1ccc(CC(=O)Nc2cc(OC)c(OC)cc2C)cc1. The second-order valence-corrected chi connectivity index (χ2v) is 5.10. The molecule has 0 radical (unpaired) electrons. The van der Waals surface area contributed by atoms with Crippen molar-refractivity contribution in [3.05, 3.63) is 47.5 Å². The second kappa shape index (κ2) is 7.54. The molecule has 0 aliphatic carbocycles. The molecule has 2 rings (SSSR count). The van der Waals surface area contributed by atoms with Gasteiger partial charge < -0.3 is 19.5 Å². The van der Waals surface area contributed by atoms with Crippen LogP contribution < -0.4 is 19.5 Å². The molecule has 0 unspecified atom stereocenters. The number of nitrogens with one attached hydrogen (secondary N) is 1. The number of methoxy groups -OCH3 is 3. The molecular formula is C18H21NO4. The van der Waals surface area contributed by atoms with Crippen LogP contribution in [0, 0.1) is 6.92 Å². The van der Waals surface area contributed by atoms with Gasteiger partial charge >= 0.3 is 0 Å². The van der Waals surface area contributed by atoms with Gasteiger partial charge in [0.2, 0.25) is 5.91 Å². The van der Waals surface area contributed by atoms with Crippen molar-refractivity contribution in [2.45, 2.75) is 13.3 Å². The first kappa shape index (κ1) is 16.7. The summed E-state index contributed by atoms with van der Waals surface area (Å²) in [6, 6.07) is 11.0. The lowest BCUT2D eigenvalue weighted by Gasteiger charge is -2.13. The molecule has 0 bridgehead atoms. The second-order valence-electron chi connectivity index (χ2n) is 5.10. The van der Waals surface area contributed by atoms with Crippen LogP contribution in [0.4, 0.5) is 5.69 Å². The van der Waals surface area contributed by atoms with E-state index in [9.17, 15) is 4.79 Å². The van der Waals surface area contributed by atoms with Crippen molar-refractivity contribution in [3.8, 4) is 17.2 Å². The average molecular weight is 315 g/mol. The Morgan fingerprint density at radius 1 is 0.957 bits per heavy atom. The third-order valence-electron chi connectivity index (χ3n) is 3.53. The lowest BCUT2D eigenvalue weighted by molar-refractivity contribution is -0.115. The van der Waals surface area contributed by atoms with Gasteiger partial charge in [-0.05, 0) is 36.2 Å². The first-order valence-corrected chi connectivity index (χ1v) is 7.22. The zero-order valence-electron chi connectivity index (χ0n) is 13.8. The van der Waals surface area contributed by atoms with Gasteiger partial charge in [0.1, 0.15) is 5.75 Å². The Morgan fingerprint density at radius 3 is 2.13 bits per heavy atom. The van der Waals surface area contributed by atoms with E-state index in [0.29, 0.717) is 17.2 Å². The predicted octanol–water partition coefficient (Wildman–Crippen LogP) is 3.20. The minimum absolute atomic E-state index is 0.0921. The summed E-state index contributed by atoms with van der Waals surface area (Å²) in [4.78, 5) is 12.2. The number of amides is 1. The highest BCUT2D eigenvalue weighted by molar-refractivity contribution is 5.93. The van der Waals surface area contributed by atoms with E-state index >= 15 is 0 Å². The minimum Gasteiger partial charge on any atom is -0.497 e. The largest absolute Gasteiger partial charge is 0.497 e. The van der Waals surface area contributed by atoms with Crippen molar-refractivity contribution in [1.29, 1.82) is 0 Å². The highest BCUT2D eigenvalue weighted by Gasteiger charge is 2.11.